The van der Waals surface area contributed by atoms with Crippen LogP contribution in [0.15, 0.2) is 18.3 Å². The molecule has 15 heavy (non-hydrogen) atoms. The summed E-state index contributed by atoms with van der Waals surface area (Å²) in [6.07, 6.45) is 2.47. The van der Waals surface area contributed by atoms with Gasteiger partial charge in [0, 0.05) is 32.4 Å². The van der Waals surface area contributed by atoms with E-state index in [-0.39, 0.29) is 4.99 Å². The molecule has 1 aromatic rings. The SMILES string of the molecule is COCCCOc1ccnc(C(N)=S)c1. The van der Waals surface area contributed by atoms with Gasteiger partial charge in [-0.2, -0.15) is 0 Å². The molecule has 2 N–H and O–H groups in total. The van der Waals surface area contributed by atoms with Crippen LogP contribution < -0.4 is 10.5 Å². The summed E-state index contributed by atoms with van der Waals surface area (Å²) in [7, 11) is 1.66. The van der Waals surface area contributed by atoms with E-state index in [2.05, 4.69) is 4.98 Å². The van der Waals surface area contributed by atoms with E-state index in [0.717, 1.165) is 12.2 Å². The third kappa shape index (κ3) is 4.22. The number of aromatic nitrogens is 1. The molecule has 0 aliphatic heterocycles. The number of nitrogens with two attached hydrogens (primary N) is 1. The molecule has 0 atom stereocenters. The Labute approximate surface area is 94.4 Å². The first kappa shape index (κ1) is 11.9. The zero-order valence-corrected chi connectivity index (χ0v) is 9.42. The van der Waals surface area contributed by atoms with E-state index in [9.17, 15) is 0 Å². The van der Waals surface area contributed by atoms with Crippen molar-refractivity contribution in [1.82, 2.24) is 4.98 Å². The lowest BCUT2D eigenvalue weighted by Crippen LogP contribution is -2.11. The predicted octanol–water partition coefficient (Wildman–Crippen LogP) is 1.13. The standard InChI is InChI=1S/C10H14N2O2S/c1-13-5-2-6-14-8-3-4-12-9(7-8)10(11)15/h3-4,7H,2,5-6H2,1H3,(H2,11,15). The summed E-state index contributed by atoms with van der Waals surface area (Å²) in [6.45, 7) is 1.29. The highest BCUT2D eigenvalue weighted by atomic mass is 32.1. The van der Waals surface area contributed by atoms with Gasteiger partial charge < -0.3 is 15.2 Å². The molecule has 1 aromatic heterocycles. The molecule has 5 heteroatoms. The van der Waals surface area contributed by atoms with Crippen molar-refractivity contribution in [2.75, 3.05) is 20.3 Å². The smallest absolute Gasteiger partial charge is 0.123 e. The van der Waals surface area contributed by atoms with E-state index in [4.69, 9.17) is 27.4 Å². The molecule has 0 bridgehead atoms. The second-order valence-corrected chi connectivity index (χ2v) is 3.38. The van der Waals surface area contributed by atoms with Crippen LogP contribution in [0.25, 0.3) is 0 Å². The summed E-state index contributed by atoms with van der Waals surface area (Å²) in [5.41, 5.74) is 6.03. The fourth-order valence-electron chi connectivity index (χ4n) is 1.03. The molecule has 0 spiro atoms. The molecule has 4 nitrogen and oxygen atoms in total. The lowest BCUT2D eigenvalue weighted by molar-refractivity contribution is 0.172. The first-order chi connectivity index (χ1) is 7.24. The lowest BCUT2D eigenvalue weighted by atomic mass is 10.3. The van der Waals surface area contributed by atoms with Crippen LogP contribution in [0, 0.1) is 0 Å². The first-order valence-corrected chi connectivity index (χ1v) is 5.02. The van der Waals surface area contributed by atoms with Crippen molar-refractivity contribution >= 4 is 17.2 Å². The van der Waals surface area contributed by atoms with Gasteiger partial charge in [-0.25, -0.2) is 0 Å². The Kier molecular flexibility index (Phi) is 5.00. The number of methoxy groups -OCH3 is 1. The minimum absolute atomic E-state index is 0.275. The van der Waals surface area contributed by atoms with Crippen molar-refractivity contribution in [3.63, 3.8) is 0 Å². The molecule has 0 aliphatic carbocycles. The molecule has 1 heterocycles. The van der Waals surface area contributed by atoms with Crippen LogP contribution in [0.1, 0.15) is 12.1 Å². The molecular formula is C10H14N2O2S. The van der Waals surface area contributed by atoms with Gasteiger partial charge in [-0.05, 0) is 6.07 Å². The normalized spacial score (nSPS) is 9.93. The van der Waals surface area contributed by atoms with Crippen molar-refractivity contribution in [2.24, 2.45) is 5.73 Å². The summed E-state index contributed by atoms with van der Waals surface area (Å²) in [5.74, 6) is 0.726. The van der Waals surface area contributed by atoms with Crippen LogP contribution in [-0.2, 0) is 4.74 Å². The minimum atomic E-state index is 0.275. The summed E-state index contributed by atoms with van der Waals surface area (Å²) in [4.78, 5) is 4.29. The highest BCUT2D eigenvalue weighted by Crippen LogP contribution is 2.10. The number of thiocarbonyl (C=S) groups is 1. The molecule has 0 saturated heterocycles. The number of rotatable bonds is 6. The Morgan fingerprint density at radius 2 is 2.33 bits per heavy atom. The maximum atomic E-state index is 5.46. The summed E-state index contributed by atoms with van der Waals surface area (Å²) in [6, 6.07) is 3.50. The van der Waals surface area contributed by atoms with Crippen LogP contribution in [0.2, 0.25) is 0 Å². The van der Waals surface area contributed by atoms with E-state index in [1.165, 1.54) is 0 Å². The second-order valence-electron chi connectivity index (χ2n) is 2.94. The van der Waals surface area contributed by atoms with Gasteiger partial charge in [0.05, 0.1) is 6.61 Å². The Bertz CT molecular complexity index is 331. The molecule has 0 aromatic carbocycles. The fourth-order valence-corrected chi connectivity index (χ4v) is 1.14. The van der Waals surface area contributed by atoms with E-state index < -0.39 is 0 Å². The third-order valence-corrected chi connectivity index (χ3v) is 1.95. The van der Waals surface area contributed by atoms with Crippen LogP contribution in [0.4, 0.5) is 0 Å². The Morgan fingerprint density at radius 3 is 3.00 bits per heavy atom. The van der Waals surface area contributed by atoms with Crippen LogP contribution in [0.3, 0.4) is 0 Å². The molecule has 0 aliphatic rings. The minimum Gasteiger partial charge on any atom is -0.493 e. The van der Waals surface area contributed by atoms with Gasteiger partial charge in [-0.15, -0.1) is 0 Å². The maximum absolute atomic E-state index is 5.46. The van der Waals surface area contributed by atoms with Crippen molar-refractivity contribution in [1.29, 1.82) is 0 Å². The van der Waals surface area contributed by atoms with Crippen molar-refractivity contribution in [3.8, 4) is 5.75 Å². The number of hydrogen-bond donors (Lipinski definition) is 1. The topological polar surface area (TPSA) is 57.4 Å². The summed E-state index contributed by atoms with van der Waals surface area (Å²) < 4.78 is 10.4. The summed E-state index contributed by atoms with van der Waals surface area (Å²) in [5, 5.41) is 0. The van der Waals surface area contributed by atoms with Crippen LogP contribution in [-0.4, -0.2) is 30.3 Å². The van der Waals surface area contributed by atoms with Crippen molar-refractivity contribution in [2.45, 2.75) is 6.42 Å². The molecule has 0 amide bonds. The van der Waals surface area contributed by atoms with Gasteiger partial charge in [-0.3, -0.25) is 4.98 Å². The lowest BCUT2D eigenvalue weighted by Gasteiger charge is -2.06. The zero-order chi connectivity index (χ0) is 11.1. The Morgan fingerprint density at radius 1 is 1.53 bits per heavy atom. The van der Waals surface area contributed by atoms with E-state index in [1.54, 1.807) is 25.4 Å². The third-order valence-electron chi connectivity index (χ3n) is 1.75. The van der Waals surface area contributed by atoms with Gasteiger partial charge in [0.2, 0.25) is 0 Å². The predicted molar refractivity (Wildman–Crippen MR) is 62.1 cm³/mol. The van der Waals surface area contributed by atoms with E-state index in [0.29, 0.717) is 18.9 Å². The maximum Gasteiger partial charge on any atom is 0.123 e. The zero-order valence-electron chi connectivity index (χ0n) is 8.60. The van der Waals surface area contributed by atoms with Gasteiger partial charge in [0.15, 0.2) is 0 Å². The van der Waals surface area contributed by atoms with Crippen molar-refractivity contribution < 1.29 is 9.47 Å². The molecule has 1 rings (SSSR count). The van der Waals surface area contributed by atoms with E-state index >= 15 is 0 Å². The highest BCUT2D eigenvalue weighted by molar-refractivity contribution is 7.80. The van der Waals surface area contributed by atoms with Gasteiger partial charge in [0.25, 0.3) is 0 Å². The summed E-state index contributed by atoms with van der Waals surface area (Å²) >= 11 is 4.82. The van der Waals surface area contributed by atoms with Crippen molar-refractivity contribution in [3.05, 3.63) is 24.0 Å². The average Bonchev–Trinajstić information content (AvgIpc) is 2.25. The van der Waals surface area contributed by atoms with Crippen LogP contribution in [0.5, 0.6) is 5.75 Å². The molecule has 82 valence electrons. The number of pyridine rings is 1. The van der Waals surface area contributed by atoms with Gasteiger partial charge in [-0.1, -0.05) is 12.2 Å². The number of nitrogens with zero attached hydrogens (tertiary/aromatic N) is 1. The largest absolute Gasteiger partial charge is 0.493 e. The molecular weight excluding hydrogens is 212 g/mol. The van der Waals surface area contributed by atoms with Gasteiger partial charge >= 0.3 is 0 Å². The molecule has 0 fully saturated rings. The highest BCUT2D eigenvalue weighted by Gasteiger charge is 2.00. The number of hydrogen-bond acceptors (Lipinski definition) is 4. The van der Waals surface area contributed by atoms with Gasteiger partial charge in [0.1, 0.15) is 16.4 Å². The first-order valence-electron chi connectivity index (χ1n) is 4.61. The number of ether oxygens (including phenoxy) is 2. The average molecular weight is 226 g/mol. The molecule has 0 unspecified atom stereocenters. The molecule has 0 saturated carbocycles. The quantitative estimate of drug-likeness (QED) is 0.582. The van der Waals surface area contributed by atoms with E-state index in [1.807, 2.05) is 0 Å². The fraction of sp³-hybridized carbons (Fsp3) is 0.400. The van der Waals surface area contributed by atoms with Crippen LogP contribution >= 0.6 is 12.2 Å². The Balaban J connectivity index is 2.47. The second kappa shape index (κ2) is 6.31. The Hall–Kier alpha value is -1.20. The molecule has 0 radical (unpaired) electrons. The monoisotopic (exact) mass is 226 g/mol.